The number of aromatic nitrogens is 1. The van der Waals surface area contributed by atoms with E-state index in [1.54, 1.807) is 18.4 Å². The molecule has 0 aliphatic rings. The average Bonchev–Trinajstić information content (AvgIpc) is 2.97. The van der Waals surface area contributed by atoms with Gasteiger partial charge in [0.2, 0.25) is 0 Å². The van der Waals surface area contributed by atoms with Crippen LogP contribution in [0.25, 0.3) is 10.9 Å². The van der Waals surface area contributed by atoms with E-state index in [9.17, 15) is 0 Å². The van der Waals surface area contributed by atoms with Crippen molar-refractivity contribution in [1.82, 2.24) is 10.3 Å². The Morgan fingerprint density at radius 1 is 1.20 bits per heavy atom. The number of hydrogen-bond donors (Lipinski definition) is 1. The Kier molecular flexibility index (Phi) is 3.67. The highest BCUT2D eigenvalue weighted by atomic mass is 32.1. The molecular formula is C16H16N2OS. The Hall–Kier alpha value is -1.91. The van der Waals surface area contributed by atoms with Crippen molar-refractivity contribution in [3.05, 3.63) is 58.4 Å². The minimum Gasteiger partial charge on any atom is -0.496 e. The van der Waals surface area contributed by atoms with Crippen molar-refractivity contribution in [2.75, 3.05) is 14.2 Å². The molecule has 0 spiro atoms. The third kappa shape index (κ3) is 2.17. The Balaban J connectivity index is 2.17. The predicted molar refractivity (Wildman–Crippen MR) is 83.5 cm³/mol. The molecule has 0 fully saturated rings. The molecule has 0 aliphatic heterocycles. The number of fused-ring (bicyclic) bond motifs is 1. The monoisotopic (exact) mass is 284 g/mol. The highest BCUT2D eigenvalue weighted by molar-refractivity contribution is 7.10. The summed E-state index contributed by atoms with van der Waals surface area (Å²) in [6.07, 6.45) is 1.84. The van der Waals surface area contributed by atoms with Gasteiger partial charge in [-0.1, -0.05) is 24.3 Å². The highest BCUT2D eigenvalue weighted by Crippen LogP contribution is 2.36. The van der Waals surface area contributed by atoms with Crippen LogP contribution in [0.2, 0.25) is 0 Å². The number of methoxy groups -OCH3 is 1. The second kappa shape index (κ2) is 5.61. The number of nitrogens with zero attached hydrogens (tertiary/aromatic N) is 1. The molecule has 102 valence electrons. The molecule has 1 aromatic carbocycles. The first-order valence-electron chi connectivity index (χ1n) is 6.47. The van der Waals surface area contributed by atoms with Crippen LogP contribution in [0.3, 0.4) is 0 Å². The van der Waals surface area contributed by atoms with E-state index in [1.165, 1.54) is 10.4 Å². The second-order valence-corrected chi connectivity index (χ2v) is 5.44. The van der Waals surface area contributed by atoms with Crippen molar-refractivity contribution in [2.45, 2.75) is 6.04 Å². The van der Waals surface area contributed by atoms with Crippen LogP contribution in [0.5, 0.6) is 5.75 Å². The summed E-state index contributed by atoms with van der Waals surface area (Å²) in [5.74, 6) is 0.919. The average molecular weight is 284 g/mol. The fraction of sp³-hybridized carbons (Fsp3) is 0.188. The fourth-order valence-corrected chi connectivity index (χ4v) is 3.46. The molecule has 3 aromatic rings. The van der Waals surface area contributed by atoms with Crippen LogP contribution in [-0.4, -0.2) is 19.1 Å². The van der Waals surface area contributed by atoms with Gasteiger partial charge in [-0.25, -0.2) is 0 Å². The van der Waals surface area contributed by atoms with Gasteiger partial charge in [0.1, 0.15) is 5.75 Å². The third-order valence-corrected chi connectivity index (χ3v) is 4.37. The summed E-state index contributed by atoms with van der Waals surface area (Å²) in [6, 6.07) is 12.4. The van der Waals surface area contributed by atoms with E-state index >= 15 is 0 Å². The van der Waals surface area contributed by atoms with Crippen molar-refractivity contribution in [1.29, 1.82) is 0 Å². The van der Waals surface area contributed by atoms with Crippen LogP contribution in [0, 0.1) is 0 Å². The lowest BCUT2D eigenvalue weighted by Crippen LogP contribution is -2.17. The van der Waals surface area contributed by atoms with E-state index in [1.807, 2.05) is 25.4 Å². The van der Waals surface area contributed by atoms with Gasteiger partial charge in [0.15, 0.2) is 0 Å². The minimum absolute atomic E-state index is 0.0866. The van der Waals surface area contributed by atoms with Gasteiger partial charge >= 0.3 is 0 Å². The van der Waals surface area contributed by atoms with Crippen LogP contribution in [0.15, 0.2) is 48.0 Å². The highest BCUT2D eigenvalue weighted by Gasteiger charge is 2.20. The van der Waals surface area contributed by atoms with E-state index in [0.29, 0.717) is 0 Å². The van der Waals surface area contributed by atoms with Crippen molar-refractivity contribution >= 4 is 22.2 Å². The summed E-state index contributed by atoms with van der Waals surface area (Å²) in [4.78, 5) is 5.71. The smallest absolute Gasteiger partial charge is 0.134 e. The molecule has 3 nitrogen and oxygen atoms in total. The third-order valence-electron chi connectivity index (χ3n) is 3.40. The molecule has 1 unspecified atom stereocenters. The van der Waals surface area contributed by atoms with Crippen LogP contribution < -0.4 is 10.1 Å². The van der Waals surface area contributed by atoms with E-state index in [-0.39, 0.29) is 6.04 Å². The molecule has 0 bridgehead atoms. The van der Waals surface area contributed by atoms with Crippen molar-refractivity contribution in [3.63, 3.8) is 0 Å². The van der Waals surface area contributed by atoms with E-state index in [2.05, 4.69) is 39.9 Å². The normalized spacial score (nSPS) is 12.5. The summed E-state index contributed by atoms with van der Waals surface area (Å²) in [5.41, 5.74) is 2.20. The summed E-state index contributed by atoms with van der Waals surface area (Å²) < 4.78 is 5.45. The number of pyridine rings is 1. The first-order valence-corrected chi connectivity index (χ1v) is 7.35. The van der Waals surface area contributed by atoms with Crippen LogP contribution in [0.4, 0.5) is 0 Å². The second-order valence-electron chi connectivity index (χ2n) is 4.50. The standard InChI is InChI=1S/C16H16N2OS/c1-17-15(16-13(19-2)8-10-20-16)12-7-3-5-11-6-4-9-18-14(11)12/h3-10,15,17H,1-2H3. The molecule has 1 N–H and O–H groups in total. The first-order chi connectivity index (χ1) is 9.85. The van der Waals surface area contributed by atoms with Gasteiger partial charge in [0, 0.05) is 17.1 Å². The van der Waals surface area contributed by atoms with Gasteiger partial charge in [0.05, 0.1) is 23.5 Å². The molecule has 1 atom stereocenters. The minimum atomic E-state index is 0.0866. The van der Waals surface area contributed by atoms with Gasteiger partial charge in [0.25, 0.3) is 0 Å². The van der Waals surface area contributed by atoms with Gasteiger partial charge in [-0.15, -0.1) is 11.3 Å². The van der Waals surface area contributed by atoms with Crippen molar-refractivity contribution < 1.29 is 4.74 Å². The molecule has 2 aromatic heterocycles. The molecule has 4 heteroatoms. The van der Waals surface area contributed by atoms with Gasteiger partial charge < -0.3 is 10.1 Å². The maximum atomic E-state index is 5.45. The van der Waals surface area contributed by atoms with Gasteiger partial charge in [-0.3, -0.25) is 4.98 Å². The maximum Gasteiger partial charge on any atom is 0.134 e. The van der Waals surface area contributed by atoms with E-state index < -0.39 is 0 Å². The Morgan fingerprint density at radius 2 is 2.05 bits per heavy atom. The molecule has 0 saturated heterocycles. The SMILES string of the molecule is CNC(c1sccc1OC)c1cccc2cccnc12. The van der Waals surface area contributed by atoms with E-state index in [0.717, 1.165) is 16.7 Å². The molecule has 2 heterocycles. The predicted octanol–water partition coefficient (Wildman–Crippen LogP) is 3.61. The molecule has 0 saturated carbocycles. The lowest BCUT2D eigenvalue weighted by molar-refractivity contribution is 0.409. The maximum absolute atomic E-state index is 5.45. The number of thiophene rings is 1. The topological polar surface area (TPSA) is 34.1 Å². The van der Waals surface area contributed by atoms with Crippen molar-refractivity contribution in [3.8, 4) is 5.75 Å². The number of hydrogen-bond acceptors (Lipinski definition) is 4. The molecule has 3 rings (SSSR count). The fourth-order valence-electron chi connectivity index (χ4n) is 2.48. The molecule has 0 radical (unpaired) electrons. The molecule has 0 amide bonds. The van der Waals surface area contributed by atoms with E-state index in [4.69, 9.17) is 4.74 Å². The number of rotatable bonds is 4. The number of benzene rings is 1. The van der Waals surface area contributed by atoms with Crippen LogP contribution in [-0.2, 0) is 0 Å². The lowest BCUT2D eigenvalue weighted by Gasteiger charge is -2.18. The Bertz CT molecular complexity index is 718. The van der Waals surface area contributed by atoms with Gasteiger partial charge in [-0.2, -0.15) is 0 Å². The van der Waals surface area contributed by atoms with Crippen LogP contribution in [0.1, 0.15) is 16.5 Å². The summed E-state index contributed by atoms with van der Waals surface area (Å²) in [5, 5.41) is 6.58. The Labute approximate surface area is 122 Å². The zero-order valence-electron chi connectivity index (χ0n) is 11.5. The zero-order chi connectivity index (χ0) is 13.9. The Morgan fingerprint density at radius 3 is 2.85 bits per heavy atom. The number of para-hydroxylation sites is 1. The number of ether oxygens (including phenoxy) is 1. The number of nitrogens with one attached hydrogen (secondary N) is 1. The molecule has 20 heavy (non-hydrogen) atoms. The van der Waals surface area contributed by atoms with Crippen LogP contribution >= 0.6 is 11.3 Å². The van der Waals surface area contributed by atoms with Gasteiger partial charge in [-0.05, 0) is 24.6 Å². The summed E-state index contributed by atoms with van der Waals surface area (Å²) in [7, 11) is 3.67. The first kappa shape index (κ1) is 13.1. The van der Waals surface area contributed by atoms with Crippen molar-refractivity contribution in [2.24, 2.45) is 0 Å². The zero-order valence-corrected chi connectivity index (χ0v) is 12.3. The molecule has 0 aliphatic carbocycles. The summed E-state index contributed by atoms with van der Waals surface area (Å²) in [6.45, 7) is 0. The summed E-state index contributed by atoms with van der Waals surface area (Å²) >= 11 is 1.69. The largest absolute Gasteiger partial charge is 0.496 e. The molecular weight excluding hydrogens is 268 g/mol. The quantitative estimate of drug-likeness (QED) is 0.794. The lowest BCUT2D eigenvalue weighted by atomic mass is 10.0.